The molecule has 2 atom stereocenters. The predicted octanol–water partition coefficient (Wildman–Crippen LogP) is 2.78. The standard InChI is InChI=1S/C15H13ClN2O3/c1-7-2-3-9(11(19)4-7)13-12-10(14(16)18-17-13)5-8-6-20-15(12)21-8/h2-4,8,15,19H,5-6H2,1H3/t8-,15+/m0/s1. The van der Waals surface area contributed by atoms with Crippen LogP contribution in [0.15, 0.2) is 18.2 Å². The Balaban J connectivity index is 1.95. The van der Waals surface area contributed by atoms with Gasteiger partial charge in [0.25, 0.3) is 0 Å². The third-order valence-corrected chi connectivity index (χ3v) is 4.20. The van der Waals surface area contributed by atoms with E-state index in [4.69, 9.17) is 21.1 Å². The maximum absolute atomic E-state index is 10.2. The molecule has 6 heteroatoms. The number of phenolic OH excluding ortho intramolecular Hbond substituents is 1. The Morgan fingerprint density at radius 3 is 3.00 bits per heavy atom. The van der Waals surface area contributed by atoms with Crippen LogP contribution in [-0.4, -0.2) is 28.0 Å². The lowest BCUT2D eigenvalue weighted by molar-refractivity contribution is -0.0676. The molecule has 0 aliphatic carbocycles. The van der Waals surface area contributed by atoms with Crippen molar-refractivity contribution in [2.24, 2.45) is 0 Å². The van der Waals surface area contributed by atoms with Gasteiger partial charge in [0, 0.05) is 23.1 Å². The van der Waals surface area contributed by atoms with Crippen molar-refractivity contribution in [3.63, 3.8) is 0 Å². The smallest absolute Gasteiger partial charge is 0.186 e. The SMILES string of the molecule is Cc1ccc(-c2nnc(Cl)c3c2[C@@H]2OC[C@H](C3)O2)c(O)c1. The number of hydrogen-bond acceptors (Lipinski definition) is 5. The Labute approximate surface area is 126 Å². The van der Waals surface area contributed by atoms with Crippen molar-refractivity contribution < 1.29 is 14.6 Å². The monoisotopic (exact) mass is 304 g/mol. The van der Waals surface area contributed by atoms with E-state index in [9.17, 15) is 5.11 Å². The number of nitrogens with zero attached hydrogens (tertiary/aromatic N) is 2. The van der Waals surface area contributed by atoms with E-state index >= 15 is 0 Å². The summed E-state index contributed by atoms with van der Waals surface area (Å²) in [4.78, 5) is 0. The van der Waals surface area contributed by atoms with Gasteiger partial charge in [0.05, 0.1) is 12.7 Å². The van der Waals surface area contributed by atoms with Crippen LogP contribution in [0.4, 0.5) is 0 Å². The van der Waals surface area contributed by atoms with Crippen LogP contribution in [0.1, 0.15) is 23.0 Å². The van der Waals surface area contributed by atoms with Crippen molar-refractivity contribution in [2.45, 2.75) is 25.7 Å². The lowest BCUT2D eigenvalue weighted by Crippen LogP contribution is -2.21. The van der Waals surface area contributed by atoms with Gasteiger partial charge < -0.3 is 14.6 Å². The quantitative estimate of drug-likeness (QED) is 0.877. The van der Waals surface area contributed by atoms with E-state index in [1.165, 1.54) is 0 Å². The highest BCUT2D eigenvalue weighted by atomic mass is 35.5. The van der Waals surface area contributed by atoms with Crippen LogP contribution < -0.4 is 0 Å². The molecule has 2 bridgehead atoms. The molecular weight excluding hydrogens is 292 g/mol. The second-order valence-corrected chi connectivity index (χ2v) is 5.74. The molecule has 2 aromatic rings. The minimum atomic E-state index is -0.484. The van der Waals surface area contributed by atoms with Gasteiger partial charge in [-0.1, -0.05) is 17.7 Å². The fourth-order valence-electron chi connectivity index (χ4n) is 2.89. The number of fused-ring (bicyclic) bond motifs is 4. The van der Waals surface area contributed by atoms with Gasteiger partial charge in [-0.25, -0.2) is 0 Å². The second-order valence-electron chi connectivity index (χ2n) is 5.38. The minimum absolute atomic E-state index is 0.0173. The Morgan fingerprint density at radius 2 is 2.19 bits per heavy atom. The number of aromatic hydroxyl groups is 1. The molecule has 2 aliphatic rings. The first-order valence-electron chi connectivity index (χ1n) is 6.75. The third-order valence-electron chi connectivity index (χ3n) is 3.89. The molecule has 1 fully saturated rings. The molecule has 0 unspecified atom stereocenters. The molecule has 3 heterocycles. The summed E-state index contributed by atoms with van der Waals surface area (Å²) >= 11 is 6.18. The van der Waals surface area contributed by atoms with Crippen molar-refractivity contribution in [2.75, 3.05) is 6.61 Å². The minimum Gasteiger partial charge on any atom is -0.507 e. The highest BCUT2D eigenvalue weighted by Gasteiger charge is 2.39. The lowest BCUT2D eigenvalue weighted by Gasteiger charge is -2.24. The summed E-state index contributed by atoms with van der Waals surface area (Å²) in [7, 11) is 0. The average Bonchev–Trinajstić information content (AvgIpc) is 2.83. The first-order chi connectivity index (χ1) is 10.1. The Bertz CT molecular complexity index is 735. The van der Waals surface area contributed by atoms with E-state index in [2.05, 4.69) is 10.2 Å². The van der Waals surface area contributed by atoms with Gasteiger partial charge in [-0.05, 0) is 24.6 Å². The summed E-state index contributed by atoms with van der Waals surface area (Å²) in [6.45, 7) is 2.45. The topological polar surface area (TPSA) is 64.5 Å². The second kappa shape index (κ2) is 4.66. The van der Waals surface area contributed by atoms with Gasteiger partial charge in [-0.15, -0.1) is 10.2 Å². The van der Waals surface area contributed by atoms with Crippen LogP contribution in [0.2, 0.25) is 5.15 Å². The van der Waals surface area contributed by atoms with E-state index in [1.54, 1.807) is 6.07 Å². The van der Waals surface area contributed by atoms with Crippen LogP contribution in [0.25, 0.3) is 11.3 Å². The van der Waals surface area contributed by atoms with E-state index in [0.29, 0.717) is 29.4 Å². The van der Waals surface area contributed by atoms with E-state index in [-0.39, 0.29) is 11.9 Å². The molecule has 1 aromatic carbocycles. The average molecular weight is 305 g/mol. The highest BCUT2D eigenvalue weighted by molar-refractivity contribution is 6.30. The van der Waals surface area contributed by atoms with Crippen molar-refractivity contribution in [1.82, 2.24) is 10.2 Å². The number of aromatic nitrogens is 2. The van der Waals surface area contributed by atoms with E-state index in [1.807, 2.05) is 19.1 Å². The Hall–Kier alpha value is -1.69. The van der Waals surface area contributed by atoms with Gasteiger partial charge in [0.15, 0.2) is 11.4 Å². The molecule has 0 amide bonds. The molecule has 2 aliphatic heterocycles. The molecule has 1 N–H and O–H groups in total. The van der Waals surface area contributed by atoms with Crippen LogP contribution in [0.5, 0.6) is 5.75 Å². The first-order valence-corrected chi connectivity index (χ1v) is 7.13. The molecular formula is C15H13ClN2O3. The van der Waals surface area contributed by atoms with Gasteiger partial charge in [-0.3, -0.25) is 0 Å². The van der Waals surface area contributed by atoms with Crippen molar-refractivity contribution >= 4 is 11.6 Å². The number of ether oxygens (including phenoxy) is 2. The molecule has 21 heavy (non-hydrogen) atoms. The number of aryl methyl sites for hydroxylation is 1. The van der Waals surface area contributed by atoms with Crippen LogP contribution in [0.3, 0.4) is 0 Å². The van der Waals surface area contributed by atoms with E-state index < -0.39 is 6.29 Å². The van der Waals surface area contributed by atoms with Crippen LogP contribution in [-0.2, 0) is 15.9 Å². The molecule has 0 saturated carbocycles. The van der Waals surface area contributed by atoms with Gasteiger partial charge in [0.1, 0.15) is 11.4 Å². The zero-order chi connectivity index (χ0) is 14.6. The molecule has 4 rings (SSSR count). The predicted molar refractivity (Wildman–Crippen MR) is 76.1 cm³/mol. The van der Waals surface area contributed by atoms with E-state index in [0.717, 1.165) is 16.7 Å². The lowest BCUT2D eigenvalue weighted by atomic mass is 9.96. The third kappa shape index (κ3) is 2.00. The number of halogens is 1. The van der Waals surface area contributed by atoms with Crippen molar-refractivity contribution in [3.8, 4) is 17.0 Å². The molecule has 1 saturated heterocycles. The number of hydrogen-bond donors (Lipinski definition) is 1. The van der Waals surface area contributed by atoms with Gasteiger partial charge in [0.2, 0.25) is 0 Å². The van der Waals surface area contributed by atoms with Gasteiger partial charge in [-0.2, -0.15) is 0 Å². The molecule has 0 radical (unpaired) electrons. The largest absolute Gasteiger partial charge is 0.507 e. The van der Waals surface area contributed by atoms with Crippen LogP contribution >= 0.6 is 11.6 Å². The molecule has 1 aromatic heterocycles. The maximum Gasteiger partial charge on any atom is 0.186 e. The first kappa shape index (κ1) is 13.0. The highest BCUT2D eigenvalue weighted by Crippen LogP contribution is 2.44. The number of phenols is 1. The summed E-state index contributed by atoms with van der Waals surface area (Å²) in [5, 5.41) is 18.8. The molecule has 0 spiro atoms. The summed E-state index contributed by atoms with van der Waals surface area (Å²) < 4.78 is 11.4. The zero-order valence-corrected chi connectivity index (χ0v) is 12.1. The van der Waals surface area contributed by atoms with Crippen LogP contribution in [0, 0.1) is 6.92 Å². The maximum atomic E-state index is 10.2. The fourth-order valence-corrected chi connectivity index (χ4v) is 3.10. The summed E-state index contributed by atoms with van der Waals surface area (Å²) in [5.41, 5.74) is 3.83. The normalized spacial score (nSPS) is 23.1. The fraction of sp³-hybridized carbons (Fsp3) is 0.333. The number of rotatable bonds is 1. The zero-order valence-electron chi connectivity index (χ0n) is 11.3. The molecule has 5 nitrogen and oxygen atoms in total. The summed E-state index contributed by atoms with van der Waals surface area (Å²) in [6.07, 6.45) is 0.186. The number of benzene rings is 1. The Kier molecular flexibility index (Phi) is 2.89. The Morgan fingerprint density at radius 1 is 1.33 bits per heavy atom. The summed E-state index contributed by atoms with van der Waals surface area (Å²) in [6, 6.07) is 5.43. The molecule has 108 valence electrons. The van der Waals surface area contributed by atoms with Gasteiger partial charge >= 0.3 is 0 Å². The van der Waals surface area contributed by atoms with Crippen molar-refractivity contribution in [3.05, 3.63) is 40.0 Å². The van der Waals surface area contributed by atoms with Crippen molar-refractivity contribution in [1.29, 1.82) is 0 Å². The summed E-state index contributed by atoms with van der Waals surface area (Å²) in [5.74, 6) is 0.161.